The second-order valence-electron chi connectivity index (χ2n) is 7.35. The van der Waals surface area contributed by atoms with E-state index >= 15 is 0 Å². The summed E-state index contributed by atoms with van der Waals surface area (Å²) < 4.78 is 5.17. The van der Waals surface area contributed by atoms with E-state index in [1.165, 1.54) is 0 Å². The Bertz CT molecular complexity index is 893. The number of halogens is 1. The molecule has 0 atom stereocenters. The second-order valence-corrected chi connectivity index (χ2v) is 9.12. The van der Waals surface area contributed by atoms with Gasteiger partial charge >= 0.3 is 0 Å². The summed E-state index contributed by atoms with van der Waals surface area (Å²) in [4.78, 5) is 29.0. The van der Waals surface area contributed by atoms with Gasteiger partial charge in [-0.1, -0.05) is 23.7 Å². The molecule has 2 amide bonds. The van der Waals surface area contributed by atoms with Crippen molar-refractivity contribution in [3.8, 4) is 5.75 Å². The fourth-order valence-electron chi connectivity index (χ4n) is 4.03. The molecule has 0 aliphatic carbocycles. The Morgan fingerprint density at radius 3 is 2.38 bits per heavy atom. The van der Waals surface area contributed by atoms with Gasteiger partial charge in [0.05, 0.1) is 24.2 Å². The van der Waals surface area contributed by atoms with E-state index in [0.29, 0.717) is 30.3 Å². The number of hydrogen-bond acceptors (Lipinski definition) is 4. The molecular weight excluding hydrogens is 408 g/mol. The van der Waals surface area contributed by atoms with Crippen molar-refractivity contribution in [3.05, 3.63) is 59.1 Å². The van der Waals surface area contributed by atoms with Crippen molar-refractivity contribution in [2.75, 3.05) is 30.9 Å². The first-order valence-corrected chi connectivity index (χ1v) is 11.0. The summed E-state index contributed by atoms with van der Waals surface area (Å²) >= 11 is 7.70. The highest BCUT2D eigenvalue weighted by atomic mass is 35.5. The van der Waals surface area contributed by atoms with E-state index < -0.39 is 0 Å². The van der Waals surface area contributed by atoms with Crippen molar-refractivity contribution < 1.29 is 14.3 Å². The predicted molar refractivity (Wildman–Crippen MR) is 117 cm³/mol. The highest BCUT2D eigenvalue weighted by Gasteiger charge is 2.49. The molecule has 152 valence electrons. The normalized spacial score (nSPS) is 18.3. The van der Waals surface area contributed by atoms with Gasteiger partial charge in [-0.05, 0) is 54.8 Å². The summed E-state index contributed by atoms with van der Waals surface area (Å²) in [5.41, 5.74) is 1.85. The monoisotopic (exact) mass is 430 g/mol. The molecule has 2 fully saturated rings. The molecule has 2 aromatic rings. The van der Waals surface area contributed by atoms with Gasteiger partial charge in [-0.25, -0.2) is 0 Å². The molecule has 2 heterocycles. The Morgan fingerprint density at radius 2 is 1.76 bits per heavy atom. The largest absolute Gasteiger partial charge is 0.497 e. The van der Waals surface area contributed by atoms with Crippen LogP contribution in [-0.4, -0.2) is 47.5 Å². The van der Waals surface area contributed by atoms with Gasteiger partial charge in [0.1, 0.15) is 5.75 Å². The molecule has 2 aromatic carbocycles. The first kappa shape index (κ1) is 20.1. The number of hydrogen-bond donors (Lipinski definition) is 0. The van der Waals surface area contributed by atoms with Crippen molar-refractivity contribution in [2.24, 2.45) is 0 Å². The van der Waals surface area contributed by atoms with Crippen LogP contribution in [0.2, 0.25) is 5.02 Å². The van der Waals surface area contributed by atoms with E-state index in [4.69, 9.17) is 16.3 Å². The van der Waals surface area contributed by atoms with Gasteiger partial charge in [0.25, 0.3) is 0 Å². The molecule has 0 N–H and O–H groups in total. The lowest BCUT2D eigenvalue weighted by molar-refractivity contribution is -0.131. The smallest absolute Gasteiger partial charge is 0.238 e. The topological polar surface area (TPSA) is 49.9 Å². The summed E-state index contributed by atoms with van der Waals surface area (Å²) in [6, 6.07) is 15.0. The predicted octanol–water partition coefficient (Wildman–Crippen LogP) is 3.99. The second kappa shape index (κ2) is 8.28. The number of benzene rings is 2. The summed E-state index contributed by atoms with van der Waals surface area (Å²) in [6.07, 6.45) is 1.91. The molecule has 4 rings (SSSR count). The highest BCUT2D eigenvalue weighted by Crippen LogP contribution is 2.46. The van der Waals surface area contributed by atoms with Gasteiger partial charge in [-0.15, -0.1) is 11.8 Å². The minimum absolute atomic E-state index is 0.121. The lowest BCUT2D eigenvalue weighted by Crippen LogP contribution is -2.53. The summed E-state index contributed by atoms with van der Waals surface area (Å²) in [6.45, 7) is 1.30. The Balaban J connectivity index is 1.42. The van der Waals surface area contributed by atoms with Gasteiger partial charge in [0.15, 0.2) is 0 Å². The molecule has 0 unspecified atom stereocenters. The number of carbonyl (C=O) groups is 2. The zero-order valence-electron chi connectivity index (χ0n) is 16.3. The lowest BCUT2D eigenvalue weighted by atomic mass is 10.00. The maximum Gasteiger partial charge on any atom is 0.238 e. The van der Waals surface area contributed by atoms with Crippen molar-refractivity contribution in [2.45, 2.75) is 24.1 Å². The number of amides is 2. The molecule has 5 nitrogen and oxygen atoms in total. The van der Waals surface area contributed by atoms with Crippen molar-refractivity contribution in [1.29, 1.82) is 0 Å². The fraction of sp³-hybridized carbons (Fsp3) is 0.364. The average molecular weight is 431 g/mol. The number of thioether (sulfide) groups is 1. The van der Waals surface area contributed by atoms with Crippen LogP contribution < -0.4 is 9.64 Å². The molecular formula is C22H23ClN2O3S. The number of methoxy groups -OCH3 is 1. The number of nitrogens with zero attached hydrogens (tertiary/aromatic N) is 2. The third kappa shape index (κ3) is 4.09. The summed E-state index contributed by atoms with van der Waals surface area (Å²) in [5.74, 6) is 1.50. The first-order valence-electron chi connectivity index (χ1n) is 9.64. The number of piperidine rings is 1. The number of ether oxygens (including phenoxy) is 1. The van der Waals surface area contributed by atoms with Crippen LogP contribution in [0.3, 0.4) is 0 Å². The minimum Gasteiger partial charge on any atom is -0.497 e. The molecule has 29 heavy (non-hydrogen) atoms. The number of rotatable bonds is 4. The van der Waals surface area contributed by atoms with Gasteiger partial charge in [0.2, 0.25) is 11.8 Å². The molecule has 0 radical (unpaired) electrons. The van der Waals surface area contributed by atoms with Crippen LogP contribution in [0.4, 0.5) is 5.69 Å². The molecule has 0 aromatic heterocycles. The van der Waals surface area contributed by atoms with Crippen LogP contribution in [0.1, 0.15) is 18.4 Å². The summed E-state index contributed by atoms with van der Waals surface area (Å²) in [5, 5.41) is 0.654. The van der Waals surface area contributed by atoms with E-state index in [0.717, 1.165) is 29.8 Å². The number of likely N-dealkylation sites (tertiary alicyclic amines) is 1. The maximum absolute atomic E-state index is 12.8. The first-order chi connectivity index (χ1) is 14.0. The van der Waals surface area contributed by atoms with E-state index in [9.17, 15) is 9.59 Å². The molecule has 2 aliphatic heterocycles. The Kier molecular flexibility index (Phi) is 5.74. The molecule has 1 spiro atoms. The third-order valence-corrected chi connectivity index (χ3v) is 7.39. The van der Waals surface area contributed by atoms with Crippen LogP contribution in [0.25, 0.3) is 0 Å². The van der Waals surface area contributed by atoms with Crippen LogP contribution in [0, 0.1) is 0 Å². The highest BCUT2D eigenvalue weighted by molar-refractivity contribution is 8.02. The zero-order valence-corrected chi connectivity index (χ0v) is 17.8. The van der Waals surface area contributed by atoms with Crippen molar-refractivity contribution in [1.82, 2.24) is 4.90 Å². The van der Waals surface area contributed by atoms with E-state index in [1.54, 1.807) is 18.9 Å². The maximum atomic E-state index is 12.8. The molecule has 0 saturated carbocycles. The molecule has 2 saturated heterocycles. The van der Waals surface area contributed by atoms with Crippen LogP contribution in [-0.2, 0) is 16.0 Å². The van der Waals surface area contributed by atoms with Crippen LogP contribution in [0.5, 0.6) is 5.75 Å². The third-order valence-electron chi connectivity index (χ3n) is 5.62. The standard InChI is InChI=1S/C22H23ClN2O3S/c1-28-19-8-2-16(3-9-19)14-20(26)24-12-10-22(11-13-24)25(21(27)15-29-22)18-6-4-17(23)5-7-18/h2-9H,10-15H2,1H3. The Hall–Kier alpha value is -2.18. The van der Waals surface area contributed by atoms with E-state index in [1.807, 2.05) is 58.3 Å². The quantitative estimate of drug-likeness (QED) is 0.735. The average Bonchev–Trinajstić information content (AvgIpc) is 3.05. The van der Waals surface area contributed by atoms with Crippen molar-refractivity contribution in [3.63, 3.8) is 0 Å². The SMILES string of the molecule is COc1ccc(CC(=O)N2CCC3(CC2)SCC(=O)N3c2ccc(Cl)cc2)cc1. The van der Waals surface area contributed by atoms with Gasteiger partial charge in [0, 0.05) is 23.8 Å². The van der Waals surface area contributed by atoms with Crippen LogP contribution in [0.15, 0.2) is 48.5 Å². The zero-order chi connectivity index (χ0) is 20.4. The van der Waals surface area contributed by atoms with E-state index in [2.05, 4.69) is 0 Å². The summed E-state index contributed by atoms with van der Waals surface area (Å²) in [7, 11) is 1.63. The Labute approximate surface area is 180 Å². The van der Waals surface area contributed by atoms with Crippen LogP contribution >= 0.6 is 23.4 Å². The fourth-order valence-corrected chi connectivity index (χ4v) is 5.48. The lowest BCUT2D eigenvalue weighted by Gasteiger charge is -2.44. The molecule has 0 bridgehead atoms. The van der Waals surface area contributed by atoms with Crippen molar-refractivity contribution >= 4 is 40.9 Å². The number of carbonyl (C=O) groups excluding carboxylic acids is 2. The minimum atomic E-state index is -0.276. The number of anilines is 1. The van der Waals surface area contributed by atoms with Gasteiger partial charge in [-0.3, -0.25) is 14.5 Å². The molecule has 7 heteroatoms. The Morgan fingerprint density at radius 1 is 1.10 bits per heavy atom. The van der Waals surface area contributed by atoms with E-state index in [-0.39, 0.29) is 16.7 Å². The van der Waals surface area contributed by atoms with Gasteiger partial charge < -0.3 is 9.64 Å². The van der Waals surface area contributed by atoms with Gasteiger partial charge in [-0.2, -0.15) is 0 Å². The molecule has 2 aliphatic rings.